The van der Waals surface area contributed by atoms with Crippen LogP contribution >= 0.6 is 0 Å². The molecule has 1 aliphatic carbocycles. The zero-order chi connectivity index (χ0) is 5.98. The Morgan fingerprint density at radius 1 is 1.50 bits per heavy atom. The lowest BCUT2D eigenvalue weighted by molar-refractivity contribution is 0.464. The van der Waals surface area contributed by atoms with E-state index >= 15 is 0 Å². The van der Waals surface area contributed by atoms with Crippen molar-refractivity contribution in [1.82, 2.24) is 0 Å². The second-order valence-corrected chi connectivity index (χ2v) is 2.51. The quantitative estimate of drug-likeness (QED) is 0.477. The summed E-state index contributed by atoms with van der Waals surface area (Å²) >= 11 is 0. The lowest BCUT2D eigenvalue weighted by atomic mass is 9.92. The molecule has 0 aromatic carbocycles. The second-order valence-electron chi connectivity index (χ2n) is 2.51. The average molecular weight is 113 g/mol. The van der Waals surface area contributed by atoms with Gasteiger partial charge in [0.25, 0.3) is 0 Å². The Labute approximate surface area is 50.2 Å². The van der Waals surface area contributed by atoms with E-state index in [0.29, 0.717) is 6.04 Å². The Balaban J connectivity index is 2.23. The van der Waals surface area contributed by atoms with Crippen LogP contribution in [0.1, 0.15) is 25.7 Å². The van der Waals surface area contributed by atoms with E-state index in [1.54, 1.807) is 0 Å². The molecule has 0 aromatic rings. The third-order valence-electron chi connectivity index (χ3n) is 1.60. The van der Waals surface area contributed by atoms with Crippen molar-refractivity contribution in [2.45, 2.75) is 31.7 Å². The summed E-state index contributed by atoms with van der Waals surface area (Å²) in [4.78, 5) is 0. The molecule has 1 fully saturated rings. The fraction of sp³-hybridized carbons (Fsp3) is 0.833. The number of nitrogens with two attached hydrogens (primary N) is 2. The summed E-state index contributed by atoms with van der Waals surface area (Å²) in [5.41, 5.74) is 11.2. The second kappa shape index (κ2) is 2.46. The van der Waals surface area contributed by atoms with E-state index in [2.05, 4.69) is 0 Å². The van der Waals surface area contributed by atoms with Crippen LogP contribution in [-0.4, -0.2) is 6.04 Å². The van der Waals surface area contributed by atoms with Gasteiger partial charge in [-0.2, -0.15) is 0 Å². The zero-order valence-corrected chi connectivity index (χ0v) is 5.06. The molecule has 4 N–H and O–H groups in total. The van der Waals surface area contributed by atoms with Gasteiger partial charge in [-0.25, -0.2) is 0 Å². The van der Waals surface area contributed by atoms with E-state index in [1.807, 2.05) is 0 Å². The molecular formula is C6H13N2. The molecule has 1 saturated carbocycles. The van der Waals surface area contributed by atoms with E-state index in [0.717, 1.165) is 25.3 Å². The minimum absolute atomic E-state index is 0.351. The van der Waals surface area contributed by atoms with E-state index in [9.17, 15) is 0 Å². The first-order chi connectivity index (χ1) is 3.79. The van der Waals surface area contributed by atoms with Crippen LogP contribution in [0.15, 0.2) is 0 Å². The van der Waals surface area contributed by atoms with Gasteiger partial charge in [-0.15, -0.1) is 0 Å². The smallest absolute Gasteiger partial charge is 0.0352 e. The summed E-state index contributed by atoms with van der Waals surface area (Å²) in [5, 5.41) is 0. The van der Waals surface area contributed by atoms with E-state index in [1.165, 1.54) is 6.42 Å². The molecule has 1 radical (unpaired) electrons. The van der Waals surface area contributed by atoms with Gasteiger partial charge in [0.05, 0.1) is 0 Å². The first-order valence-corrected chi connectivity index (χ1v) is 3.15. The normalized spacial score (nSPS) is 33.0. The molecular weight excluding hydrogens is 100 g/mol. The Kier molecular flexibility index (Phi) is 1.86. The molecule has 2 nitrogen and oxygen atoms in total. The van der Waals surface area contributed by atoms with E-state index < -0.39 is 0 Å². The highest BCUT2D eigenvalue weighted by atomic mass is 14.7. The average Bonchev–Trinajstić information content (AvgIpc) is 1.64. The minimum Gasteiger partial charge on any atom is -0.328 e. The first kappa shape index (κ1) is 6.05. The van der Waals surface area contributed by atoms with Gasteiger partial charge < -0.3 is 11.5 Å². The summed E-state index contributed by atoms with van der Waals surface area (Å²) in [6, 6.07) is 1.44. The highest BCUT2D eigenvalue weighted by Crippen LogP contribution is 2.19. The van der Waals surface area contributed by atoms with Crippen molar-refractivity contribution >= 4 is 0 Å². The van der Waals surface area contributed by atoms with Crippen LogP contribution in [0.4, 0.5) is 0 Å². The molecule has 0 aromatic heterocycles. The largest absolute Gasteiger partial charge is 0.328 e. The third-order valence-corrected chi connectivity index (χ3v) is 1.60. The van der Waals surface area contributed by atoms with Crippen LogP contribution in [0, 0.1) is 6.04 Å². The van der Waals surface area contributed by atoms with Crippen LogP contribution in [-0.2, 0) is 0 Å². The summed E-state index contributed by atoms with van der Waals surface area (Å²) in [6.45, 7) is 0. The minimum atomic E-state index is 0.351. The van der Waals surface area contributed by atoms with Gasteiger partial charge in [0.2, 0.25) is 0 Å². The van der Waals surface area contributed by atoms with Crippen molar-refractivity contribution in [3.05, 3.63) is 6.04 Å². The van der Waals surface area contributed by atoms with Crippen molar-refractivity contribution in [2.75, 3.05) is 0 Å². The highest BCUT2D eigenvalue weighted by molar-refractivity contribution is 4.90. The summed E-state index contributed by atoms with van der Waals surface area (Å²) < 4.78 is 0. The summed E-state index contributed by atoms with van der Waals surface area (Å²) in [5.74, 6) is 0. The molecule has 0 saturated heterocycles. The van der Waals surface area contributed by atoms with Crippen LogP contribution in [0.25, 0.3) is 0 Å². The molecule has 0 spiro atoms. The van der Waals surface area contributed by atoms with Gasteiger partial charge in [0.1, 0.15) is 0 Å². The monoisotopic (exact) mass is 113 g/mol. The molecule has 47 valence electrons. The van der Waals surface area contributed by atoms with Gasteiger partial charge in [-0.3, -0.25) is 0 Å². The molecule has 1 aliphatic rings. The Morgan fingerprint density at radius 3 is 2.62 bits per heavy atom. The van der Waals surface area contributed by atoms with E-state index in [-0.39, 0.29) is 0 Å². The van der Waals surface area contributed by atoms with Gasteiger partial charge >= 0.3 is 0 Å². The Hall–Kier alpha value is -0.0800. The van der Waals surface area contributed by atoms with Crippen molar-refractivity contribution in [3.8, 4) is 0 Å². The molecule has 0 aliphatic heterocycles. The van der Waals surface area contributed by atoms with Crippen LogP contribution < -0.4 is 11.5 Å². The zero-order valence-electron chi connectivity index (χ0n) is 5.06. The first-order valence-electron chi connectivity index (χ1n) is 3.15. The van der Waals surface area contributed by atoms with Crippen molar-refractivity contribution in [3.63, 3.8) is 0 Å². The van der Waals surface area contributed by atoms with Crippen molar-refractivity contribution in [2.24, 2.45) is 11.5 Å². The molecule has 1 unspecified atom stereocenters. The molecule has 0 amide bonds. The van der Waals surface area contributed by atoms with Gasteiger partial charge in [0, 0.05) is 12.1 Å². The van der Waals surface area contributed by atoms with Crippen molar-refractivity contribution in [1.29, 1.82) is 0 Å². The topological polar surface area (TPSA) is 52.0 Å². The lowest BCUT2D eigenvalue weighted by Gasteiger charge is -2.21. The van der Waals surface area contributed by atoms with Gasteiger partial charge in [-0.05, 0) is 19.3 Å². The number of hydrogen-bond donors (Lipinski definition) is 2. The maximum absolute atomic E-state index is 5.62. The van der Waals surface area contributed by atoms with Crippen LogP contribution in [0.5, 0.6) is 0 Å². The molecule has 0 heterocycles. The van der Waals surface area contributed by atoms with Crippen LogP contribution in [0.3, 0.4) is 0 Å². The highest BCUT2D eigenvalue weighted by Gasteiger charge is 2.15. The predicted octanol–water partition coefficient (Wildman–Crippen LogP) is 0.378. The molecule has 0 bridgehead atoms. The standard InChI is InChI=1S/C6H13N2/c7-5-2-1-3-6(8)4-5/h5H,1-4,7-8H2. The van der Waals surface area contributed by atoms with Crippen molar-refractivity contribution < 1.29 is 0 Å². The van der Waals surface area contributed by atoms with Gasteiger partial charge in [0.15, 0.2) is 0 Å². The Morgan fingerprint density at radius 2 is 2.25 bits per heavy atom. The maximum Gasteiger partial charge on any atom is 0.0352 e. The lowest BCUT2D eigenvalue weighted by Crippen LogP contribution is -2.30. The Bertz CT molecular complexity index is 64.9. The van der Waals surface area contributed by atoms with Crippen LogP contribution in [0.2, 0.25) is 0 Å². The summed E-state index contributed by atoms with van der Waals surface area (Å²) in [7, 11) is 0. The molecule has 1 rings (SSSR count). The van der Waals surface area contributed by atoms with E-state index in [4.69, 9.17) is 11.5 Å². The third kappa shape index (κ3) is 1.46. The molecule has 1 atom stereocenters. The summed E-state index contributed by atoms with van der Waals surface area (Å²) in [6.07, 6.45) is 4.38. The number of rotatable bonds is 0. The maximum atomic E-state index is 5.62. The molecule has 8 heavy (non-hydrogen) atoms. The van der Waals surface area contributed by atoms with Gasteiger partial charge in [-0.1, -0.05) is 6.42 Å². The SMILES string of the molecule is N[C]1CCCC(N)C1. The fourth-order valence-corrected chi connectivity index (χ4v) is 1.13. The fourth-order valence-electron chi connectivity index (χ4n) is 1.13. The predicted molar refractivity (Wildman–Crippen MR) is 33.9 cm³/mol. The molecule has 2 heteroatoms. The number of hydrogen-bond acceptors (Lipinski definition) is 2.